The number of hydrogen-bond acceptors (Lipinski definition) is 4. The third-order valence-electron chi connectivity index (χ3n) is 11.4. The summed E-state index contributed by atoms with van der Waals surface area (Å²) < 4.78 is 4.02. The van der Waals surface area contributed by atoms with Gasteiger partial charge in [0.2, 0.25) is 0 Å². The lowest BCUT2D eigenvalue weighted by Crippen LogP contribution is -2.54. The summed E-state index contributed by atoms with van der Waals surface area (Å²) in [6.45, 7) is 0. The smallest absolute Gasteiger partial charge is 0.0638 e. The van der Waals surface area contributed by atoms with Crippen molar-refractivity contribution < 1.29 is 10.2 Å². The van der Waals surface area contributed by atoms with Crippen molar-refractivity contribution in [3.05, 3.63) is 11.6 Å². The van der Waals surface area contributed by atoms with Crippen molar-refractivity contribution in [2.45, 2.75) is 133 Å². The molecule has 0 aromatic rings. The van der Waals surface area contributed by atoms with Crippen LogP contribution in [0.15, 0.2) is 11.6 Å². The molecule has 0 amide bonds. The Labute approximate surface area is 212 Å². The van der Waals surface area contributed by atoms with Crippen molar-refractivity contribution in [3.63, 3.8) is 0 Å². The number of nitrogens with one attached hydrogen (secondary N) is 1. The Hall–Kier alpha value is -0.0300. The van der Waals surface area contributed by atoms with E-state index in [0.717, 1.165) is 42.3 Å². The quantitative estimate of drug-likeness (QED) is 0.307. The van der Waals surface area contributed by atoms with Crippen LogP contribution in [0.4, 0.5) is 0 Å². The van der Waals surface area contributed by atoms with Crippen molar-refractivity contribution in [3.8, 4) is 0 Å². The minimum atomic E-state index is -0.257. The van der Waals surface area contributed by atoms with Gasteiger partial charge in [-0.05, 0) is 99.7 Å². The van der Waals surface area contributed by atoms with E-state index in [9.17, 15) is 10.2 Å². The van der Waals surface area contributed by atoms with E-state index in [2.05, 4.69) is 22.7 Å². The summed E-state index contributed by atoms with van der Waals surface area (Å²) in [5, 5.41) is 23.7. The average Bonchev–Trinajstić information content (AvgIpc) is 2.89. The summed E-state index contributed by atoms with van der Waals surface area (Å²) in [6.07, 6.45) is 24.2. The van der Waals surface area contributed by atoms with Gasteiger partial charge in [0.1, 0.15) is 0 Å². The maximum atomic E-state index is 11.7. The minimum Gasteiger partial charge on any atom is -0.393 e. The summed E-state index contributed by atoms with van der Waals surface area (Å²) in [7, 11) is 0. The highest BCUT2D eigenvalue weighted by molar-refractivity contribution is 7.98. The lowest BCUT2D eigenvalue weighted by Gasteiger charge is -2.53. The first kappa shape index (κ1) is 24.3. The Morgan fingerprint density at radius 1 is 0.706 bits per heavy atom. The first-order valence-electron chi connectivity index (χ1n) is 15.2. The van der Waals surface area contributed by atoms with Crippen LogP contribution in [-0.4, -0.2) is 33.7 Å². The Morgan fingerprint density at radius 2 is 1.47 bits per heavy atom. The molecule has 34 heavy (non-hydrogen) atoms. The normalized spacial score (nSPS) is 49.4. The van der Waals surface area contributed by atoms with Crippen LogP contribution >= 0.6 is 11.9 Å². The Morgan fingerprint density at radius 3 is 2.35 bits per heavy atom. The van der Waals surface area contributed by atoms with E-state index in [-0.39, 0.29) is 18.1 Å². The molecule has 11 atom stereocenters. The summed E-state index contributed by atoms with van der Waals surface area (Å²) in [4.78, 5) is 0. The second-order valence-corrected chi connectivity index (χ2v) is 14.2. The molecule has 3 nitrogen and oxygen atoms in total. The standard InChI is InChI=1S/C30H49NO2S/c32-28-16-14-20-8-3-4-10-23(20)29(28)26-18-27(24-11-5-6-12-25(24)30(26)33)31-34-22-15-13-19-7-1-2-9-21(19)17-22/h11,19-23,25-33H,1-10,12-18H2. The highest BCUT2D eigenvalue weighted by Gasteiger charge is 2.50. The zero-order valence-electron chi connectivity index (χ0n) is 21.3. The Balaban J connectivity index is 1.17. The summed E-state index contributed by atoms with van der Waals surface area (Å²) in [5.41, 5.74) is 1.51. The van der Waals surface area contributed by atoms with Crippen LogP contribution in [0.25, 0.3) is 0 Å². The van der Waals surface area contributed by atoms with Gasteiger partial charge in [-0.1, -0.05) is 68.5 Å². The van der Waals surface area contributed by atoms with Gasteiger partial charge in [-0.3, -0.25) is 4.72 Å². The molecule has 0 aromatic carbocycles. The fourth-order valence-corrected chi connectivity index (χ4v) is 10.9. The summed E-state index contributed by atoms with van der Waals surface area (Å²) in [5.74, 6) is 4.31. The molecule has 0 aliphatic heterocycles. The van der Waals surface area contributed by atoms with Gasteiger partial charge in [0.25, 0.3) is 0 Å². The third kappa shape index (κ3) is 4.79. The van der Waals surface area contributed by atoms with E-state index in [1.807, 2.05) is 0 Å². The molecule has 6 aliphatic carbocycles. The predicted molar refractivity (Wildman–Crippen MR) is 141 cm³/mol. The number of rotatable bonds is 4. The monoisotopic (exact) mass is 487 g/mol. The van der Waals surface area contributed by atoms with Crippen LogP contribution < -0.4 is 4.72 Å². The highest BCUT2D eigenvalue weighted by Crippen LogP contribution is 2.52. The van der Waals surface area contributed by atoms with E-state index in [4.69, 9.17) is 0 Å². The number of fused-ring (bicyclic) bond motifs is 3. The van der Waals surface area contributed by atoms with Crippen LogP contribution in [0.1, 0.15) is 109 Å². The topological polar surface area (TPSA) is 52.5 Å². The fourth-order valence-electron chi connectivity index (χ4n) is 9.72. The maximum absolute atomic E-state index is 11.7. The zero-order chi connectivity index (χ0) is 23.1. The van der Waals surface area contributed by atoms with Gasteiger partial charge in [-0.25, -0.2) is 0 Å². The van der Waals surface area contributed by atoms with Crippen molar-refractivity contribution in [2.75, 3.05) is 0 Å². The van der Waals surface area contributed by atoms with Gasteiger partial charge >= 0.3 is 0 Å². The van der Waals surface area contributed by atoms with E-state index >= 15 is 0 Å². The number of hydrogen-bond donors (Lipinski definition) is 3. The largest absolute Gasteiger partial charge is 0.393 e. The van der Waals surface area contributed by atoms with Gasteiger partial charge in [-0.2, -0.15) is 0 Å². The van der Waals surface area contributed by atoms with E-state index < -0.39 is 0 Å². The molecule has 5 fully saturated rings. The molecule has 3 N–H and O–H groups in total. The predicted octanol–water partition coefficient (Wildman–Crippen LogP) is 6.64. The number of aliphatic hydroxyl groups is 2. The van der Waals surface area contributed by atoms with Crippen LogP contribution in [0.5, 0.6) is 0 Å². The molecule has 0 aromatic heterocycles. The average molecular weight is 488 g/mol. The van der Waals surface area contributed by atoms with Crippen LogP contribution in [-0.2, 0) is 0 Å². The summed E-state index contributed by atoms with van der Waals surface area (Å²) in [6, 6.07) is 0.393. The highest BCUT2D eigenvalue weighted by atomic mass is 32.2. The molecule has 0 bridgehead atoms. The molecular weight excluding hydrogens is 438 g/mol. The SMILES string of the molecule is OC1CCC2CCCCC2C1C1CC(NSC2CCC3CCCCC3C2)C2=CCCCC2C1O. The van der Waals surface area contributed by atoms with Crippen LogP contribution in [0.2, 0.25) is 0 Å². The first-order valence-corrected chi connectivity index (χ1v) is 16.0. The minimum absolute atomic E-state index is 0.206. The molecule has 4 heteroatoms. The van der Waals surface area contributed by atoms with Crippen molar-refractivity contribution in [1.82, 2.24) is 4.72 Å². The maximum Gasteiger partial charge on any atom is 0.0638 e. The van der Waals surface area contributed by atoms with Crippen molar-refractivity contribution in [1.29, 1.82) is 0 Å². The Kier molecular flexibility index (Phi) is 7.69. The van der Waals surface area contributed by atoms with Crippen LogP contribution in [0, 0.1) is 41.4 Å². The first-order chi connectivity index (χ1) is 16.7. The summed E-state index contributed by atoms with van der Waals surface area (Å²) >= 11 is 2.05. The fraction of sp³-hybridized carbons (Fsp3) is 0.933. The lowest BCUT2D eigenvalue weighted by atomic mass is 9.56. The number of allylic oxidation sites excluding steroid dienone is 1. The second kappa shape index (κ2) is 10.8. The van der Waals surface area contributed by atoms with Crippen molar-refractivity contribution >= 4 is 11.9 Å². The number of aliphatic hydroxyl groups excluding tert-OH is 2. The van der Waals surface area contributed by atoms with Gasteiger partial charge in [0.15, 0.2) is 0 Å². The van der Waals surface area contributed by atoms with Crippen LogP contribution in [0.3, 0.4) is 0 Å². The molecule has 11 unspecified atom stereocenters. The van der Waals surface area contributed by atoms with Crippen molar-refractivity contribution in [2.24, 2.45) is 41.4 Å². The second-order valence-electron chi connectivity index (χ2n) is 13.1. The Bertz CT molecular complexity index is 727. The van der Waals surface area contributed by atoms with Gasteiger partial charge in [0.05, 0.1) is 12.2 Å². The molecule has 0 heterocycles. The molecular formula is C30H49NO2S. The molecule has 192 valence electrons. The molecule has 0 spiro atoms. The van der Waals surface area contributed by atoms with E-state index in [1.165, 1.54) is 95.5 Å². The zero-order valence-corrected chi connectivity index (χ0v) is 22.1. The van der Waals surface area contributed by atoms with Gasteiger partial charge < -0.3 is 10.2 Å². The van der Waals surface area contributed by atoms with Gasteiger partial charge in [-0.15, -0.1) is 0 Å². The molecule has 6 rings (SSSR count). The molecule has 5 saturated carbocycles. The molecule has 0 saturated heterocycles. The third-order valence-corrected chi connectivity index (χ3v) is 12.6. The van der Waals surface area contributed by atoms with E-state index in [0.29, 0.717) is 23.8 Å². The van der Waals surface area contributed by atoms with Gasteiger partial charge in [0, 0.05) is 17.2 Å². The van der Waals surface area contributed by atoms with E-state index in [1.54, 1.807) is 0 Å². The molecule has 0 radical (unpaired) electrons. The molecule has 6 aliphatic rings. The lowest BCUT2D eigenvalue weighted by molar-refractivity contribution is -0.0963.